The molecule has 1 aliphatic rings. The summed E-state index contributed by atoms with van der Waals surface area (Å²) < 4.78 is 29.8. The zero-order valence-electron chi connectivity index (χ0n) is 15.9. The molecule has 0 saturated carbocycles. The zero-order valence-corrected chi connectivity index (χ0v) is 16.8. The molecule has 1 N–H and O–H groups in total. The molecule has 26 heavy (non-hydrogen) atoms. The van der Waals surface area contributed by atoms with E-state index in [0.29, 0.717) is 32.5 Å². The first-order valence-electron chi connectivity index (χ1n) is 8.75. The zero-order chi connectivity index (χ0) is 19.3. The maximum absolute atomic E-state index is 12.5. The van der Waals surface area contributed by atoms with Gasteiger partial charge in [0.05, 0.1) is 19.4 Å². The minimum atomic E-state index is -3.17. The van der Waals surface area contributed by atoms with Gasteiger partial charge in [-0.3, -0.25) is 4.79 Å². The molecule has 0 radical (unpaired) electrons. The molecule has 1 fully saturated rings. The summed E-state index contributed by atoms with van der Waals surface area (Å²) in [4.78, 5) is 14.6. The lowest BCUT2D eigenvalue weighted by Crippen LogP contribution is -2.44. The highest BCUT2D eigenvalue weighted by Gasteiger charge is 2.29. The van der Waals surface area contributed by atoms with Crippen LogP contribution >= 0.6 is 0 Å². The van der Waals surface area contributed by atoms with Crippen molar-refractivity contribution in [3.63, 3.8) is 0 Å². The lowest BCUT2D eigenvalue weighted by molar-refractivity contribution is -0.126. The summed E-state index contributed by atoms with van der Waals surface area (Å²) in [6, 6.07) is 7.88. The fraction of sp³-hybridized carbons (Fsp3) is 0.611. The molecule has 0 aromatic heterocycles. The molecule has 2 rings (SSSR count). The molecule has 0 spiro atoms. The van der Waals surface area contributed by atoms with Gasteiger partial charge in [0.25, 0.3) is 0 Å². The van der Waals surface area contributed by atoms with E-state index in [1.165, 1.54) is 10.6 Å². The van der Waals surface area contributed by atoms with E-state index in [0.717, 1.165) is 11.3 Å². The van der Waals surface area contributed by atoms with E-state index < -0.39 is 10.0 Å². The Balaban J connectivity index is 1.91. The Labute approximate surface area is 156 Å². The van der Waals surface area contributed by atoms with Gasteiger partial charge >= 0.3 is 0 Å². The predicted octanol–water partition coefficient (Wildman–Crippen LogP) is 1.09. The molecule has 7 nitrogen and oxygen atoms in total. The highest BCUT2D eigenvalue weighted by atomic mass is 32.2. The van der Waals surface area contributed by atoms with Gasteiger partial charge in [-0.1, -0.05) is 12.1 Å². The summed E-state index contributed by atoms with van der Waals surface area (Å²) in [6.45, 7) is 1.32. The Morgan fingerprint density at radius 1 is 1.27 bits per heavy atom. The van der Waals surface area contributed by atoms with Gasteiger partial charge in [-0.05, 0) is 44.6 Å². The third kappa shape index (κ3) is 5.43. The van der Waals surface area contributed by atoms with Crippen LogP contribution in [0.4, 0.5) is 0 Å². The van der Waals surface area contributed by atoms with Crippen LogP contribution in [0.3, 0.4) is 0 Å². The summed E-state index contributed by atoms with van der Waals surface area (Å²) in [5, 5.41) is 3.03. The van der Waals surface area contributed by atoms with Crippen molar-refractivity contribution in [1.82, 2.24) is 14.5 Å². The summed E-state index contributed by atoms with van der Waals surface area (Å²) >= 11 is 0. The van der Waals surface area contributed by atoms with E-state index in [4.69, 9.17) is 4.74 Å². The number of carbonyl (C=O) groups is 1. The second-order valence-corrected chi connectivity index (χ2v) is 8.92. The van der Waals surface area contributed by atoms with Gasteiger partial charge in [-0.2, -0.15) is 0 Å². The Hall–Kier alpha value is -1.64. The maximum atomic E-state index is 12.5. The van der Waals surface area contributed by atoms with Crippen LogP contribution in [0, 0.1) is 5.92 Å². The van der Waals surface area contributed by atoms with Gasteiger partial charge in [0.2, 0.25) is 15.9 Å². The number of hydrogen-bond acceptors (Lipinski definition) is 5. The molecule has 0 aliphatic carbocycles. The van der Waals surface area contributed by atoms with Crippen LogP contribution in [0.15, 0.2) is 24.3 Å². The van der Waals surface area contributed by atoms with Gasteiger partial charge in [0, 0.05) is 25.6 Å². The number of nitrogens with one attached hydrogen (secondary N) is 1. The van der Waals surface area contributed by atoms with Crippen molar-refractivity contribution in [2.75, 3.05) is 47.1 Å². The first-order chi connectivity index (χ1) is 12.2. The van der Waals surface area contributed by atoms with Crippen molar-refractivity contribution in [2.24, 2.45) is 5.92 Å². The average Bonchev–Trinajstić information content (AvgIpc) is 2.61. The van der Waals surface area contributed by atoms with E-state index in [-0.39, 0.29) is 17.9 Å². The number of benzene rings is 1. The minimum Gasteiger partial charge on any atom is -0.497 e. The van der Waals surface area contributed by atoms with Crippen LogP contribution in [0.25, 0.3) is 0 Å². The largest absolute Gasteiger partial charge is 0.497 e. The average molecular weight is 384 g/mol. The van der Waals surface area contributed by atoms with Crippen LogP contribution in [-0.2, 0) is 14.8 Å². The molecule has 1 heterocycles. The monoisotopic (exact) mass is 383 g/mol. The number of amides is 1. The molecule has 1 unspecified atom stereocenters. The number of nitrogens with zero attached hydrogens (tertiary/aromatic N) is 2. The second-order valence-electron chi connectivity index (χ2n) is 6.93. The van der Waals surface area contributed by atoms with Gasteiger partial charge in [-0.25, -0.2) is 12.7 Å². The fourth-order valence-electron chi connectivity index (χ4n) is 3.22. The van der Waals surface area contributed by atoms with Crippen molar-refractivity contribution < 1.29 is 17.9 Å². The van der Waals surface area contributed by atoms with Crippen molar-refractivity contribution in [3.05, 3.63) is 29.8 Å². The number of ether oxygens (including phenoxy) is 1. The molecule has 1 aromatic rings. The molecular formula is C18H29N3O4S. The second kappa shape index (κ2) is 8.83. The number of carbonyl (C=O) groups excluding carboxylic acids is 1. The predicted molar refractivity (Wildman–Crippen MR) is 102 cm³/mol. The van der Waals surface area contributed by atoms with Crippen LogP contribution < -0.4 is 10.1 Å². The van der Waals surface area contributed by atoms with Gasteiger partial charge < -0.3 is 15.0 Å². The first kappa shape index (κ1) is 20.7. The Bertz CT molecular complexity index is 696. The third-order valence-corrected chi connectivity index (χ3v) is 6.19. The van der Waals surface area contributed by atoms with Crippen molar-refractivity contribution in [3.8, 4) is 5.75 Å². The molecule has 8 heteroatoms. The topological polar surface area (TPSA) is 79.0 Å². The van der Waals surface area contributed by atoms with E-state index in [2.05, 4.69) is 10.2 Å². The molecule has 1 atom stereocenters. The number of hydrogen-bond donors (Lipinski definition) is 1. The number of likely N-dealkylation sites (N-methyl/N-ethyl adjacent to an activating group) is 1. The van der Waals surface area contributed by atoms with Crippen LogP contribution in [0.1, 0.15) is 24.4 Å². The minimum absolute atomic E-state index is 0.00138. The highest BCUT2D eigenvalue weighted by Crippen LogP contribution is 2.22. The highest BCUT2D eigenvalue weighted by molar-refractivity contribution is 7.88. The quantitative estimate of drug-likeness (QED) is 0.762. The number of methoxy groups -OCH3 is 1. The molecule has 1 saturated heterocycles. The number of piperidine rings is 1. The number of sulfonamides is 1. The van der Waals surface area contributed by atoms with Gasteiger partial charge in [0.1, 0.15) is 5.75 Å². The normalized spacial score (nSPS) is 17.9. The molecule has 1 aromatic carbocycles. The summed E-state index contributed by atoms with van der Waals surface area (Å²) in [5.41, 5.74) is 1.10. The Morgan fingerprint density at radius 2 is 1.85 bits per heavy atom. The van der Waals surface area contributed by atoms with Crippen molar-refractivity contribution in [2.45, 2.75) is 18.9 Å². The van der Waals surface area contributed by atoms with Crippen LogP contribution in [-0.4, -0.2) is 70.6 Å². The van der Waals surface area contributed by atoms with Crippen LogP contribution in [0.5, 0.6) is 5.75 Å². The van der Waals surface area contributed by atoms with Gasteiger partial charge in [-0.15, -0.1) is 0 Å². The molecular weight excluding hydrogens is 354 g/mol. The Morgan fingerprint density at radius 3 is 2.31 bits per heavy atom. The maximum Gasteiger partial charge on any atom is 0.223 e. The molecule has 1 amide bonds. The molecule has 0 bridgehead atoms. The van der Waals surface area contributed by atoms with Gasteiger partial charge in [0.15, 0.2) is 0 Å². The van der Waals surface area contributed by atoms with E-state index in [1.807, 2.05) is 38.4 Å². The van der Waals surface area contributed by atoms with Crippen LogP contribution in [0.2, 0.25) is 0 Å². The third-order valence-electron chi connectivity index (χ3n) is 4.89. The molecule has 1 aliphatic heterocycles. The lowest BCUT2D eigenvalue weighted by Gasteiger charge is -2.30. The molecule has 146 valence electrons. The van der Waals surface area contributed by atoms with Crippen molar-refractivity contribution >= 4 is 15.9 Å². The fourth-order valence-corrected chi connectivity index (χ4v) is 4.09. The summed E-state index contributed by atoms with van der Waals surface area (Å²) in [7, 11) is 2.42. The summed E-state index contributed by atoms with van der Waals surface area (Å²) in [6.07, 6.45) is 2.34. The lowest BCUT2D eigenvalue weighted by atomic mass is 9.97. The van der Waals surface area contributed by atoms with E-state index in [1.54, 1.807) is 7.11 Å². The van der Waals surface area contributed by atoms with E-state index in [9.17, 15) is 13.2 Å². The standard InChI is InChI=1S/C18H29N3O4S/c1-20(2)17(14-5-7-16(25-3)8-6-14)13-19-18(22)15-9-11-21(12-10-15)26(4,23)24/h5-8,15,17H,9-13H2,1-4H3,(H,19,22). The number of rotatable bonds is 7. The summed E-state index contributed by atoms with van der Waals surface area (Å²) in [5.74, 6) is 0.665. The Kier molecular flexibility index (Phi) is 7.02. The SMILES string of the molecule is COc1ccc(C(CNC(=O)C2CCN(S(C)(=O)=O)CC2)N(C)C)cc1. The van der Waals surface area contributed by atoms with E-state index >= 15 is 0 Å². The smallest absolute Gasteiger partial charge is 0.223 e. The van der Waals surface area contributed by atoms with Crippen molar-refractivity contribution in [1.29, 1.82) is 0 Å². The first-order valence-corrected chi connectivity index (χ1v) is 10.6.